The molecular formula is C20H26N6S. The summed E-state index contributed by atoms with van der Waals surface area (Å²) in [6.07, 6.45) is 6.42. The van der Waals surface area contributed by atoms with Crippen LogP contribution in [0.25, 0.3) is 0 Å². The normalized spacial score (nSPS) is 18.0. The molecular weight excluding hydrogens is 356 g/mol. The van der Waals surface area contributed by atoms with Gasteiger partial charge in [-0.25, -0.2) is 9.97 Å². The van der Waals surface area contributed by atoms with Gasteiger partial charge in [0.15, 0.2) is 5.13 Å². The largest absolute Gasteiger partial charge is 0.316 e. The van der Waals surface area contributed by atoms with E-state index in [-0.39, 0.29) is 0 Å². The second-order valence-corrected chi connectivity index (χ2v) is 8.57. The molecule has 3 aromatic rings. The molecule has 4 rings (SSSR count). The van der Waals surface area contributed by atoms with Gasteiger partial charge in [0.2, 0.25) is 0 Å². The van der Waals surface area contributed by atoms with Gasteiger partial charge in [-0.15, -0.1) is 11.3 Å². The highest BCUT2D eigenvalue weighted by molar-refractivity contribution is 7.15. The van der Waals surface area contributed by atoms with Crippen LogP contribution in [-0.4, -0.2) is 37.7 Å². The second kappa shape index (κ2) is 7.78. The number of aryl methyl sites for hydroxylation is 3. The lowest BCUT2D eigenvalue weighted by atomic mass is 9.94. The predicted molar refractivity (Wildman–Crippen MR) is 110 cm³/mol. The Morgan fingerprint density at radius 3 is 2.93 bits per heavy atom. The first-order chi connectivity index (χ1) is 13.1. The number of nitrogens with one attached hydrogen (secondary N) is 1. The van der Waals surface area contributed by atoms with E-state index in [0.29, 0.717) is 5.92 Å². The minimum absolute atomic E-state index is 0.468. The first-order valence-electron chi connectivity index (χ1n) is 9.45. The van der Waals surface area contributed by atoms with Gasteiger partial charge in [-0.05, 0) is 45.4 Å². The van der Waals surface area contributed by atoms with E-state index >= 15 is 0 Å². The van der Waals surface area contributed by atoms with Crippen LogP contribution in [0.5, 0.6) is 0 Å². The summed E-state index contributed by atoms with van der Waals surface area (Å²) in [7, 11) is 1.99. The van der Waals surface area contributed by atoms with Crippen LogP contribution in [0.4, 0.5) is 10.9 Å². The summed E-state index contributed by atoms with van der Waals surface area (Å²) in [6.45, 7) is 7.30. The molecule has 142 valence electrons. The molecule has 1 aliphatic rings. The molecule has 0 aromatic carbocycles. The molecule has 6 nitrogen and oxygen atoms in total. The molecule has 1 saturated heterocycles. The Morgan fingerprint density at radius 1 is 1.30 bits per heavy atom. The molecule has 0 radical (unpaired) electrons. The zero-order valence-electron chi connectivity index (χ0n) is 16.1. The monoisotopic (exact) mass is 382 g/mol. The fraction of sp³-hybridized carbons (Fsp3) is 0.450. The van der Waals surface area contributed by atoms with Gasteiger partial charge in [-0.3, -0.25) is 9.58 Å². The predicted octanol–water partition coefficient (Wildman–Crippen LogP) is 4.01. The Morgan fingerprint density at radius 2 is 2.19 bits per heavy atom. The fourth-order valence-electron chi connectivity index (χ4n) is 3.76. The Kier molecular flexibility index (Phi) is 5.22. The summed E-state index contributed by atoms with van der Waals surface area (Å²) in [4.78, 5) is 13.0. The van der Waals surface area contributed by atoms with Crippen LogP contribution >= 0.6 is 11.3 Å². The smallest absolute Gasteiger partial charge is 0.188 e. The summed E-state index contributed by atoms with van der Waals surface area (Å²) in [5.41, 5.74) is 3.62. The molecule has 1 N–H and O–H groups in total. The summed E-state index contributed by atoms with van der Waals surface area (Å²) in [6, 6.07) is 6.26. The van der Waals surface area contributed by atoms with Crippen LogP contribution in [0, 0.1) is 13.8 Å². The number of hydrogen-bond acceptors (Lipinski definition) is 6. The number of nitrogens with zero attached hydrogens (tertiary/aromatic N) is 5. The summed E-state index contributed by atoms with van der Waals surface area (Å²) in [5.74, 6) is 1.34. The molecule has 0 spiro atoms. The van der Waals surface area contributed by atoms with Gasteiger partial charge in [-0.1, -0.05) is 6.07 Å². The number of anilines is 2. The number of thiazole rings is 1. The molecule has 1 fully saturated rings. The second-order valence-electron chi connectivity index (χ2n) is 7.34. The Bertz CT molecular complexity index is 915. The van der Waals surface area contributed by atoms with Crippen LogP contribution in [0.1, 0.15) is 40.6 Å². The first kappa shape index (κ1) is 18.1. The standard InChI is InChI=1S/C20H26N6S/c1-14-10-21-20(27-14)23-19-8-4-7-18(22-19)16-6-5-9-26(12-16)13-17-11-25(3)24-15(17)2/h4,7-8,10-11,16H,5-6,9,12-13H2,1-3H3,(H,21,22,23)/t16-/m0/s1. The SMILES string of the molecule is Cc1cnc(Nc2cccc([C@H]3CCCN(Cc4cn(C)nc4C)C3)n2)s1. The molecule has 4 heterocycles. The maximum atomic E-state index is 4.88. The molecule has 3 aromatic heterocycles. The highest BCUT2D eigenvalue weighted by atomic mass is 32.1. The zero-order valence-corrected chi connectivity index (χ0v) is 17.0. The van der Waals surface area contributed by atoms with E-state index in [1.54, 1.807) is 11.3 Å². The summed E-state index contributed by atoms with van der Waals surface area (Å²) < 4.78 is 1.91. The lowest BCUT2D eigenvalue weighted by Crippen LogP contribution is -2.34. The Labute approximate surface area is 164 Å². The number of hydrogen-bond donors (Lipinski definition) is 1. The van der Waals surface area contributed by atoms with Crippen molar-refractivity contribution in [3.63, 3.8) is 0 Å². The van der Waals surface area contributed by atoms with Crippen LogP contribution in [0.15, 0.2) is 30.6 Å². The van der Waals surface area contributed by atoms with E-state index in [9.17, 15) is 0 Å². The van der Waals surface area contributed by atoms with Crippen molar-refractivity contribution < 1.29 is 0 Å². The average molecular weight is 383 g/mol. The van der Waals surface area contributed by atoms with Gasteiger partial charge in [0.1, 0.15) is 5.82 Å². The van der Waals surface area contributed by atoms with Gasteiger partial charge >= 0.3 is 0 Å². The van der Waals surface area contributed by atoms with Gasteiger partial charge in [-0.2, -0.15) is 5.10 Å². The topological polar surface area (TPSA) is 58.9 Å². The molecule has 0 amide bonds. The highest BCUT2D eigenvalue weighted by Crippen LogP contribution is 2.28. The number of aromatic nitrogens is 4. The van der Waals surface area contributed by atoms with Gasteiger partial charge in [0, 0.05) is 54.6 Å². The Hall–Kier alpha value is -2.25. The minimum atomic E-state index is 0.468. The van der Waals surface area contributed by atoms with Crippen LogP contribution in [0.2, 0.25) is 0 Å². The molecule has 1 aliphatic heterocycles. The maximum absolute atomic E-state index is 4.88. The van der Waals surface area contributed by atoms with Crippen LogP contribution in [0.3, 0.4) is 0 Å². The van der Waals surface area contributed by atoms with Crippen molar-refractivity contribution in [2.75, 3.05) is 18.4 Å². The third kappa shape index (κ3) is 4.36. The minimum Gasteiger partial charge on any atom is -0.316 e. The average Bonchev–Trinajstić information content (AvgIpc) is 3.20. The number of rotatable bonds is 5. The number of piperidine rings is 1. The quantitative estimate of drug-likeness (QED) is 0.722. The van der Waals surface area contributed by atoms with E-state index in [4.69, 9.17) is 4.98 Å². The van der Waals surface area contributed by atoms with Crippen molar-refractivity contribution in [1.82, 2.24) is 24.6 Å². The molecule has 7 heteroatoms. The van der Waals surface area contributed by atoms with Crippen molar-refractivity contribution in [2.45, 2.75) is 39.2 Å². The lowest BCUT2D eigenvalue weighted by molar-refractivity contribution is 0.198. The van der Waals surface area contributed by atoms with Crippen molar-refractivity contribution in [3.05, 3.63) is 52.4 Å². The maximum Gasteiger partial charge on any atom is 0.188 e. The van der Waals surface area contributed by atoms with Crippen molar-refractivity contribution >= 4 is 22.3 Å². The van der Waals surface area contributed by atoms with Crippen molar-refractivity contribution in [2.24, 2.45) is 7.05 Å². The van der Waals surface area contributed by atoms with Crippen molar-refractivity contribution in [3.8, 4) is 0 Å². The van der Waals surface area contributed by atoms with Gasteiger partial charge in [0.25, 0.3) is 0 Å². The fourth-order valence-corrected chi connectivity index (χ4v) is 4.43. The van der Waals surface area contributed by atoms with Gasteiger partial charge < -0.3 is 5.32 Å². The zero-order chi connectivity index (χ0) is 18.8. The van der Waals surface area contributed by atoms with E-state index in [2.05, 4.69) is 52.5 Å². The lowest BCUT2D eigenvalue weighted by Gasteiger charge is -2.32. The number of likely N-dealkylation sites (tertiary alicyclic amines) is 1. The van der Waals surface area contributed by atoms with E-state index in [0.717, 1.165) is 36.3 Å². The van der Waals surface area contributed by atoms with Crippen LogP contribution in [-0.2, 0) is 13.6 Å². The van der Waals surface area contributed by atoms with Gasteiger partial charge in [0.05, 0.1) is 5.69 Å². The Balaban J connectivity index is 1.44. The van der Waals surface area contributed by atoms with Crippen LogP contribution < -0.4 is 5.32 Å². The highest BCUT2D eigenvalue weighted by Gasteiger charge is 2.23. The summed E-state index contributed by atoms with van der Waals surface area (Å²) >= 11 is 1.65. The molecule has 0 aliphatic carbocycles. The molecule has 27 heavy (non-hydrogen) atoms. The molecule has 0 saturated carbocycles. The first-order valence-corrected chi connectivity index (χ1v) is 10.3. The molecule has 0 bridgehead atoms. The van der Waals surface area contributed by atoms with Crippen molar-refractivity contribution in [1.29, 1.82) is 0 Å². The van der Waals surface area contributed by atoms with E-state index < -0.39 is 0 Å². The summed E-state index contributed by atoms with van der Waals surface area (Å²) in [5, 5.41) is 8.71. The molecule has 0 unspecified atom stereocenters. The number of pyridine rings is 1. The molecule has 1 atom stereocenters. The van der Waals surface area contributed by atoms with E-state index in [1.807, 2.05) is 24.0 Å². The third-order valence-corrected chi connectivity index (χ3v) is 5.89. The van der Waals surface area contributed by atoms with E-state index in [1.165, 1.54) is 29.0 Å². The third-order valence-electron chi connectivity index (χ3n) is 5.06.